The van der Waals surface area contributed by atoms with E-state index in [2.05, 4.69) is 0 Å². The quantitative estimate of drug-likeness (QED) is 0.516. The van der Waals surface area contributed by atoms with Crippen LogP contribution in [-0.4, -0.2) is 18.4 Å². The van der Waals surface area contributed by atoms with Gasteiger partial charge in [0.2, 0.25) is 0 Å². The molecule has 4 bridgehead atoms. The van der Waals surface area contributed by atoms with Crippen LogP contribution in [0.5, 0.6) is 0 Å². The van der Waals surface area contributed by atoms with Crippen LogP contribution in [0.4, 0.5) is 0 Å². The van der Waals surface area contributed by atoms with Gasteiger partial charge in [0.25, 0.3) is 0 Å². The molecule has 0 amide bonds. The predicted molar refractivity (Wildman–Crippen MR) is 92.9 cm³/mol. The zero-order valence-corrected chi connectivity index (χ0v) is 15.9. The summed E-state index contributed by atoms with van der Waals surface area (Å²) in [7, 11) is 0. The van der Waals surface area contributed by atoms with Gasteiger partial charge in [-0.25, -0.2) is 0 Å². The molecule has 0 N–H and O–H groups in total. The number of rotatable bonds is 5. The van der Waals surface area contributed by atoms with Crippen LogP contribution in [0.1, 0.15) is 80.1 Å². The number of esters is 1. The second-order valence-corrected chi connectivity index (χ2v) is 8.24. The zero-order valence-electron chi connectivity index (χ0n) is 15.9. The van der Waals surface area contributed by atoms with Crippen molar-refractivity contribution in [2.75, 3.05) is 0 Å². The number of hydrogen-bond acceptors (Lipinski definition) is 3. The molecule has 4 saturated carbocycles. The maximum Gasteiger partial charge on any atom is 0.313 e. The average molecular weight is 325 g/mol. The van der Waals surface area contributed by atoms with E-state index in [9.17, 15) is 4.79 Å². The lowest BCUT2D eigenvalue weighted by Crippen LogP contribution is -2.50. The van der Waals surface area contributed by atoms with E-state index in [0.717, 1.165) is 18.3 Å². The van der Waals surface area contributed by atoms with Crippen LogP contribution in [0.25, 0.3) is 0 Å². The second kappa shape index (κ2) is 7.55. The largest absolute Gasteiger partial charge is 0.436 e. The highest BCUT2D eigenvalue weighted by atomic mass is 16.7. The summed E-state index contributed by atoms with van der Waals surface area (Å²) in [4.78, 5) is 12.2. The summed E-state index contributed by atoms with van der Waals surface area (Å²) < 4.78 is 11.7. The summed E-state index contributed by atoms with van der Waals surface area (Å²) in [5.41, 5.74) is -0.415. The Labute approximate surface area is 142 Å². The van der Waals surface area contributed by atoms with Crippen molar-refractivity contribution in [1.82, 2.24) is 0 Å². The summed E-state index contributed by atoms with van der Waals surface area (Å²) >= 11 is 0. The molecule has 4 fully saturated rings. The van der Waals surface area contributed by atoms with Gasteiger partial charge in [0.15, 0.2) is 6.29 Å². The van der Waals surface area contributed by atoms with Crippen molar-refractivity contribution in [3.8, 4) is 0 Å². The Balaban J connectivity index is 0.000000924. The van der Waals surface area contributed by atoms with Gasteiger partial charge in [-0.15, -0.1) is 0 Å². The van der Waals surface area contributed by atoms with Crippen LogP contribution >= 0.6 is 0 Å². The molecule has 134 valence electrons. The average Bonchev–Trinajstić information content (AvgIpc) is 2.52. The van der Waals surface area contributed by atoms with E-state index in [1.54, 1.807) is 0 Å². The van der Waals surface area contributed by atoms with Crippen LogP contribution < -0.4 is 0 Å². The third kappa shape index (κ3) is 4.10. The summed E-state index contributed by atoms with van der Waals surface area (Å²) in [5, 5.41) is 0. The lowest BCUT2D eigenvalue weighted by molar-refractivity contribution is -0.224. The van der Waals surface area contributed by atoms with E-state index < -0.39 is 11.7 Å². The molecule has 0 aromatic rings. The predicted octanol–water partition coefficient (Wildman–Crippen LogP) is 5.18. The van der Waals surface area contributed by atoms with Crippen molar-refractivity contribution >= 4 is 5.97 Å². The van der Waals surface area contributed by atoms with E-state index in [0.29, 0.717) is 17.9 Å². The van der Waals surface area contributed by atoms with Crippen LogP contribution in [0.3, 0.4) is 0 Å². The Morgan fingerprint density at radius 3 is 1.96 bits per heavy atom. The standard InChI is InChI=1S/C18H30O3.C2H6/c1-5-18(3,4)17(19)21-11(2)20-16-14-7-12-6-13(9-14)10-15(16)8-12;1-2/h11-16H,5-10H2,1-4H3;1-2H3. The molecule has 4 rings (SSSR count). The maximum atomic E-state index is 12.2. The molecule has 0 radical (unpaired) electrons. The summed E-state index contributed by atoms with van der Waals surface area (Å²) in [6.07, 6.45) is 7.48. The van der Waals surface area contributed by atoms with Crippen LogP contribution in [0, 0.1) is 29.1 Å². The summed E-state index contributed by atoms with van der Waals surface area (Å²) in [6.45, 7) is 11.8. The molecular formula is C20H36O3. The number of ether oxygens (including phenoxy) is 2. The van der Waals surface area contributed by atoms with Crippen molar-refractivity contribution in [3.63, 3.8) is 0 Å². The second-order valence-electron chi connectivity index (χ2n) is 8.24. The summed E-state index contributed by atoms with van der Waals surface area (Å²) in [6, 6.07) is 0. The molecule has 0 saturated heterocycles. The SMILES string of the molecule is CC.CCC(C)(C)C(=O)OC(C)OC1C2CC3CC(C2)CC1C3. The van der Waals surface area contributed by atoms with Crippen LogP contribution in [0.2, 0.25) is 0 Å². The van der Waals surface area contributed by atoms with Crippen molar-refractivity contribution in [1.29, 1.82) is 0 Å². The van der Waals surface area contributed by atoms with E-state index in [1.807, 2.05) is 41.5 Å². The molecule has 0 aromatic heterocycles. The minimum atomic E-state index is -0.415. The molecule has 1 unspecified atom stereocenters. The number of carbonyl (C=O) groups excluding carboxylic acids is 1. The summed E-state index contributed by atoms with van der Waals surface area (Å²) in [5.74, 6) is 3.18. The Kier molecular flexibility index (Phi) is 6.16. The topological polar surface area (TPSA) is 35.5 Å². The van der Waals surface area contributed by atoms with E-state index in [1.165, 1.54) is 32.1 Å². The first-order chi connectivity index (χ1) is 10.9. The van der Waals surface area contributed by atoms with Gasteiger partial charge < -0.3 is 9.47 Å². The lowest BCUT2D eigenvalue weighted by Gasteiger charge is -2.54. The third-order valence-electron chi connectivity index (χ3n) is 6.20. The number of carbonyl (C=O) groups is 1. The maximum absolute atomic E-state index is 12.2. The van der Waals surface area contributed by atoms with Gasteiger partial charge >= 0.3 is 5.97 Å². The minimum absolute atomic E-state index is 0.138. The third-order valence-corrected chi connectivity index (χ3v) is 6.20. The van der Waals surface area contributed by atoms with Gasteiger partial charge in [-0.05, 0) is 83.0 Å². The first kappa shape index (κ1) is 18.8. The minimum Gasteiger partial charge on any atom is -0.436 e. The molecule has 3 heteroatoms. The molecule has 0 aliphatic heterocycles. The molecular weight excluding hydrogens is 288 g/mol. The molecule has 0 aromatic carbocycles. The monoisotopic (exact) mass is 324 g/mol. The fraction of sp³-hybridized carbons (Fsp3) is 0.950. The van der Waals surface area contributed by atoms with Crippen LogP contribution in [0.15, 0.2) is 0 Å². The molecule has 1 atom stereocenters. The van der Waals surface area contributed by atoms with Crippen molar-refractivity contribution in [3.05, 3.63) is 0 Å². The lowest BCUT2D eigenvalue weighted by atomic mass is 9.55. The van der Waals surface area contributed by atoms with Crippen LogP contribution in [-0.2, 0) is 14.3 Å². The van der Waals surface area contributed by atoms with E-state index in [-0.39, 0.29) is 5.97 Å². The molecule has 0 heterocycles. The van der Waals surface area contributed by atoms with Crippen molar-refractivity contribution < 1.29 is 14.3 Å². The Bertz CT molecular complexity index is 374. The smallest absolute Gasteiger partial charge is 0.313 e. The highest BCUT2D eigenvalue weighted by Gasteiger charge is 2.49. The highest BCUT2D eigenvalue weighted by molar-refractivity contribution is 5.75. The fourth-order valence-electron chi connectivity index (χ4n) is 4.80. The van der Waals surface area contributed by atoms with Gasteiger partial charge in [0, 0.05) is 0 Å². The van der Waals surface area contributed by atoms with Gasteiger partial charge in [-0.2, -0.15) is 0 Å². The first-order valence-electron chi connectivity index (χ1n) is 9.75. The molecule has 4 aliphatic carbocycles. The first-order valence-corrected chi connectivity index (χ1v) is 9.75. The molecule has 23 heavy (non-hydrogen) atoms. The Morgan fingerprint density at radius 2 is 1.52 bits per heavy atom. The van der Waals surface area contributed by atoms with Gasteiger partial charge in [0.05, 0.1) is 11.5 Å². The molecule has 4 aliphatic rings. The Morgan fingerprint density at radius 1 is 1.04 bits per heavy atom. The van der Waals surface area contributed by atoms with Crippen molar-refractivity contribution in [2.45, 2.75) is 92.5 Å². The fourth-order valence-corrected chi connectivity index (χ4v) is 4.80. The molecule has 0 spiro atoms. The molecule has 3 nitrogen and oxygen atoms in total. The van der Waals surface area contributed by atoms with Crippen molar-refractivity contribution in [2.24, 2.45) is 29.1 Å². The van der Waals surface area contributed by atoms with E-state index >= 15 is 0 Å². The number of hydrogen-bond donors (Lipinski definition) is 0. The van der Waals surface area contributed by atoms with Gasteiger partial charge in [-0.1, -0.05) is 20.8 Å². The zero-order chi connectivity index (χ0) is 17.2. The Hall–Kier alpha value is -0.570. The van der Waals surface area contributed by atoms with E-state index in [4.69, 9.17) is 9.47 Å². The highest BCUT2D eigenvalue weighted by Crippen LogP contribution is 2.54. The van der Waals surface area contributed by atoms with Gasteiger partial charge in [0.1, 0.15) is 0 Å². The van der Waals surface area contributed by atoms with Gasteiger partial charge in [-0.3, -0.25) is 4.79 Å². The normalized spacial score (nSPS) is 36.2.